The summed E-state index contributed by atoms with van der Waals surface area (Å²) in [5, 5.41) is 4.45. The Morgan fingerprint density at radius 2 is 2.00 bits per heavy atom. The number of halogens is 3. The molecule has 0 radical (unpaired) electrons. The number of rotatable bonds is 5. The molecular formula is C15H16Cl3N2O2+. The average molecular weight is 363 g/mol. The number of furan rings is 1. The van der Waals surface area contributed by atoms with Gasteiger partial charge in [0.2, 0.25) is 6.17 Å². The Labute approximate surface area is 143 Å². The summed E-state index contributed by atoms with van der Waals surface area (Å²) in [5.41, 5.74) is 1.40. The van der Waals surface area contributed by atoms with E-state index in [9.17, 15) is 4.79 Å². The Morgan fingerprint density at radius 1 is 1.27 bits per heavy atom. The fourth-order valence-electron chi connectivity index (χ4n) is 1.98. The van der Waals surface area contributed by atoms with E-state index in [2.05, 4.69) is 5.32 Å². The van der Waals surface area contributed by atoms with E-state index in [1.54, 1.807) is 29.8 Å². The van der Waals surface area contributed by atoms with Crippen molar-refractivity contribution in [3.05, 3.63) is 59.5 Å². The van der Waals surface area contributed by atoms with Gasteiger partial charge in [-0.25, -0.2) is 0 Å². The number of quaternary nitrogens is 1. The molecule has 3 N–H and O–H groups in total. The van der Waals surface area contributed by atoms with Crippen molar-refractivity contribution in [3.8, 4) is 0 Å². The molecule has 2 aromatic rings. The molecule has 1 amide bonds. The van der Waals surface area contributed by atoms with Crippen molar-refractivity contribution < 1.29 is 14.5 Å². The Bertz CT molecular complexity index is 624. The molecule has 22 heavy (non-hydrogen) atoms. The van der Waals surface area contributed by atoms with Crippen LogP contribution in [0.4, 0.5) is 0 Å². The number of aryl methyl sites for hydroxylation is 1. The number of hydrogen-bond donors (Lipinski definition) is 2. The molecule has 0 aliphatic rings. The summed E-state index contributed by atoms with van der Waals surface area (Å²) in [6, 6.07) is 10.8. The molecule has 0 unspecified atom stereocenters. The van der Waals surface area contributed by atoms with Gasteiger partial charge in [-0.2, -0.15) is 0 Å². The number of carbonyl (C=O) groups is 1. The number of alkyl halides is 3. The molecule has 118 valence electrons. The van der Waals surface area contributed by atoms with Gasteiger partial charge in [0.05, 0.1) is 6.26 Å². The standard InChI is InChI=1S/C15H15Cl3N2O2/c1-10-5-2-3-7-12(10)13(21)20-14(15(16,17)18)19-9-11-6-4-8-22-11/h2-8,14,19H,9H2,1H3,(H,20,21)/p+1/t14-/m1/s1. The molecule has 0 saturated heterocycles. The number of carbonyl (C=O) groups excluding carboxylic acids is 1. The second-order valence-electron chi connectivity index (χ2n) is 4.83. The van der Waals surface area contributed by atoms with Crippen LogP contribution < -0.4 is 10.6 Å². The Hall–Kier alpha value is -1.20. The first kappa shape index (κ1) is 17.2. The minimum atomic E-state index is -1.65. The molecule has 4 nitrogen and oxygen atoms in total. The molecule has 0 saturated carbocycles. The third-order valence-electron chi connectivity index (χ3n) is 3.16. The smallest absolute Gasteiger partial charge is 0.262 e. The van der Waals surface area contributed by atoms with Crippen LogP contribution in [0.5, 0.6) is 0 Å². The second kappa shape index (κ2) is 7.38. The molecule has 0 bridgehead atoms. The number of hydrogen-bond acceptors (Lipinski definition) is 2. The minimum absolute atomic E-state index is 0.287. The highest BCUT2D eigenvalue weighted by Gasteiger charge is 2.37. The third kappa shape index (κ3) is 4.65. The van der Waals surface area contributed by atoms with Gasteiger partial charge in [0, 0.05) is 5.56 Å². The zero-order valence-corrected chi connectivity index (χ0v) is 14.1. The van der Waals surface area contributed by atoms with Crippen LogP contribution in [-0.4, -0.2) is 15.9 Å². The van der Waals surface area contributed by atoms with E-state index in [1.165, 1.54) is 0 Å². The van der Waals surface area contributed by atoms with Gasteiger partial charge in [-0.15, -0.1) is 0 Å². The molecule has 0 fully saturated rings. The summed E-state index contributed by atoms with van der Waals surface area (Å²) >= 11 is 17.9. The number of nitrogens with two attached hydrogens (primary N) is 1. The van der Waals surface area contributed by atoms with Gasteiger partial charge in [0.25, 0.3) is 9.70 Å². The minimum Gasteiger partial charge on any atom is -0.463 e. The van der Waals surface area contributed by atoms with Crippen LogP contribution in [0.15, 0.2) is 47.1 Å². The summed E-state index contributed by atoms with van der Waals surface area (Å²) in [4.78, 5) is 12.4. The average Bonchev–Trinajstić information content (AvgIpc) is 2.95. The van der Waals surface area contributed by atoms with E-state index < -0.39 is 9.96 Å². The van der Waals surface area contributed by atoms with E-state index in [4.69, 9.17) is 39.2 Å². The predicted molar refractivity (Wildman–Crippen MR) is 87.1 cm³/mol. The molecule has 1 aromatic heterocycles. The molecule has 0 aliphatic heterocycles. The SMILES string of the molecule is Cc1ccccc1C(=O)N[C@@H]([NH2+]Cc1ccco1)C(Cl)(Cl)Cl. The highest BCUT2D eigenvalue weighted by atomic mass is 35.6. The molecular weight excluding hydrogens is 347 g/mol. The van der Waals surface area contributed by atoms with Crippen molar-refractivity contribution in [3.63, 3.8) is 0 Å². The van der Waals surface area contributed by atoms with E-state index in [-0.39, 0.29) is 5.91 Å². The fourth-order valence-corrected chi connectivity index (χ4v) is 2.41. The van der Waals surface area contributed by atoms with Crippen LogP contribution in [0.25, 0.3) is 0 Å². The lowest BCUT2D eigenvalue weighted by atomic mass is 10.1. The molecule has 7 heteroatoms. The summed E-state index contributed by atoms with van der Waals surface area (Å²) in [7, 11) is 0. The predicted octanol–water partition coefficient (Wildman–Crippen LogP) is 2.78. The lowest BCUT2D eigenvalue weighted by Gasteiger charge is -2.23. The van der Waals surface area contributed by atoms with E-state index in [0.29, 0.717) is 12.1 Å². The van der Waals surface area contributed by atoms with Crippen LogP contribution >= 0.6 is 34.8 Å². The van der Waals surface area contributed by atoms with Gasteiger partial charge in [-0.1, -0.05) is 53.0 Å². The van der Waals surface area contributed by atoms with Crippen LogP contribution in [0, 0.1) is 6.92 Å². The van der Waals surface area contributed by atoms with Gasteiger partial charge in [-0.3, -0.25) is 10.1 Å². The van der Waals surface area contributed by atoms with E-state index in [1.807, 2.05) is 25.1 Å². The van der Waals surface area contributed by atoms with E-state index >= 15 is 0 Å². The summed E-state index contributed by atoms with van der Waals surface area (Å²) in [6.45, 7) is 2.30. The largest absolute Gasteiger partial charge is 0.463 e. The third-order valence-corrected chi connectivity index (χ3v) is 3.87. The number of benzene rings is 1. The normalized spacial score (nSPS) is 12.9. The van der Waals surface area contributed by atoms with Crippen LogP contribution in [0.2, 0.25) is 0 Å². The van der Waals surface area contributed by atoms with Crippen molar-refractivity contribution in [1.82, 2.24) is 5.32 Å². The highest BCUT2D eigenvalue weighted by Crippen LogP contribution is 2.27. The summed E-state index contributed by atoms with van der Waals surface area (Å²) in [6.07, 6.45) is 0.828. The molecule has 1 heterocycles. The van der Waals surface area contributed by atoms with E-state index in [0.717, 1.165) is 11.3 Å². The maximum Gasteiger partial charge on any atom is 0.262 e. The molecule has 0 spiro atoms. The van der Waals surface area contributed by atoms with Crippen molar-refractivity contribution >= 4 is 40.7 Å². The zero-order valence-electron chi connectivity index (χ0n) is 11.9. The van der Waals surface area contributed by atoms with Crippen molar-refractivity contribution in [2.75, 3.05) is 0 Å². The second-order valence-corrected chi connectivity index (χ2v) is 7.20. The highest BCUT2D eigenvalue weighted by molar-refractivity contribution is 6.68. The molecule has 0 aliphatic carbocycles. The molecule has 1 atom stereocenters. The number of amides is 1. The van der Waals surface area contributed by atoms with Crippen molar-refractivity contribution in [1.29, 1.82) is 0 Å². The van der Waals surface area contributed by atoms with Crippen LogP contribution in [0.1, 0.15) is 21.7 Å². The maximum absolute atomic E-state index is 12.4. The van der Waals surface area contributed by atoms with Gasteiger partial charge in [-0.05, 0) is 30.7 Å². The topological polar surface area (TPSA) is 58.9 Å². The first-order chi connectivity index (χ1) is 10.4. The monoisotopic (exact) mass is 361 g/mol. The first-order valence-corrected chi connectivity index (χ1v) is 7.80. The quantitative estimate of drug-likeness (QED) is 0.635. The Morgan fingerprint density at radius 3 is 2.59 bits per heavy atom. The summed E-state index contributed by atoms with van der Waals surface area (Å²) < 4.78 is 3.58. The first-order valence-electron chi connectivity index (χ1n) is 6.67. The maximum atomic E-state index is 12.4. The van der Waals surface area contributed by atoms with Gasteiger partial charge in [0.15, 0.2) is 5.76 Å². The van der Waals surface area contributed by atoms with Crippen LogP contribution in [0.3, 0.4) is 0 Å². The van der Waals surface area contributed by atoms with Crippen LogP contribution in [-0.2, 0) is 6.54 Å². The fraction of sp³-hybridized carbons (Fsp3) is 0.267. The van der Waals surface area contributed by atoms with Crippen molar-refractivity contribution in [2.24, 2.45) is 0 Å². The van der Waals surface area contributed by atoms with Gasteiger partial charge < -0.3 is 9.73 Å². The molecule has 1 aromatic carbocycles. The van der Waals surface area contributed by atoms with Gasteiger partial charge in [0.1, 0.15) is 6.54 Å². The number of nitrogens with one attached hydrogen (secondary N) is 1. The lowest BCUT2D eigenvalue weighted by Crippen LogP contribution is -2.95. The van der Waals surface area contributed by atoms with Gasteiger partial charge >= 0.3 is 0 Å². The summed E-state index contributed by atoms with van der Waals surface area (Å²) in [5.74, 6) is 0.439. The zero-order chi connectivity index (χ0) is 16.2. The molecule has 2 rings (SSSR count). The van der Waals surface area contributed by atoms with Crippen molar-refractivity contribution in [2.45, 2.75) is 23.4 Å². The lowest BCUT2D eigenvalue weighted by molar-refractivity contribution is -0.708. The Kier molecular flexibility index (Phi) is 5.75. The Balaban J connectivity index is 2.06.